The lowest BCUT2D eigenvalue weighted by Crippen LogP contribution is -2.38. The highest BCUT2D eigenvalue weighted by molar-refractivity contribution is 7.99. The number of hydrogen-bond donors (Lipinski definition) is 1. The van der Waals surface area contributed by atoms with Gasteiger partial charge in [-0.1, -0.05) is 68.4 Å². The second kappa shape index (κ2) is 8.71. The standard InChI is InChI=1S/C21H24O4S/c1-3-14(2)18-17(22)19(24-20(23)15-10-6-4-7-11-15)21(25-18)26-16-12-8-5-9-13-16/h4-14,17-19,21-22H,3H2,1-2H3/t14-,17-,18+,19?,21+/m1/s1. The molecule has 4 nitrogen and oxygen atoms in total. The van der Waals surface area contributed by atoms with Crippen LogP contribution in [0.25, 0.3) is 0 Å². The van der Waals surface area contributed by atoms with Crippen molar-refractivity contribution >= 4 is 17.7 Å². The molecule has 1 heterocycles. The molecule has 1 aliphatic rings. The zero-order chi connectivity index (χ0) is 18.5. The van der Waals surface area contributed by atoms with Crippen molar-refractivity contribution < 1.29 is 19.4 Å². The van der Waals surface area contributed by atoms with Crippen LogP contribution < -0.4 is 0 Å². The van der Waals surface area contributed by atoms with E-state index in [1.54, 1.807) is 24.3 Å². The first-order valence-corrected chi connectivity index (χ1v) is 9.79. The Labute approximate surface area is 158 Å². The van der Waals surface area contributed by atoms with Gasteiger partial charge in [-0.15, -0.1) is 0 Å². The summed E-state index contributed by atoms with van der Waals surface area (Å²) >= 11 is 1.47. The van der Waals surface area contributed by atoms with Gasteiger partial charge in [-0.3, -0.25) is 0 Å². The Bertz CT molecular complexity index is 706. The predicted octanol–water partition coefficient (Wildman–Crippen LogP) is 4.14. The van der Waals surface area contributed by atoms with Gasteiger partial charge in [0.25, 0.3) is 0 Å². The molecule has 0 spiro atoms. The van der Waals surface area contributed by atoms with Crippen molar-refractivity contribution in [3.05, 3.63) is 66.2 Å². The molecule has 0 aliphatic carbocycles. The van der Waals surface area contributed by atoms with E-state index in [0.717, 1.165) is 11.3 Å². The van der Waals surface area contributed by atoms with Crippen LogP contribution in [0.2, 0.25) is 0 Å². The topological polar surface area (TPSA) is 55.8 Å². The molecule has 2 aromatic carbocycles. The SMILES string of the molecule is CC[C@@H](C)[C@@H]1O[C@@H](Sc2ccccc2)C(OC(=O)c2ccccc2)[C@@H]1O. The van der Waals surface area contributed by atoms with Gasteiger partial charge in [0.05, 0.1) is 11.7 Å². The molecular formula is C21H24O4S. The normalized spacial score (nSPS) is 26.4. The molecule has 1 fully saturated rings. The molecule has 1 aliphatic heterocycles. The van der Waals surface area contributed by atoms with Crippen LogP contribution in [0.5, 0.6) is 0 Å². The van der Waals surface area contributed by atoms with Gasteiger partial charge in [0.2, 0.25) is 0 Å². The van der Waals surface area contributed by atoms with Crippen molar-refractivity contribution in [3.8, 4) is 0 Å². The van der Waals surface area contributed by atoms with E-state index in [0.29, 0.717) is 5.56 Å². The number of benzene rings is 2. The van der Waals surface area contributed by atoms with E-state index >= 15 is 0 Å². The third kappa shape index (κ3) is 4.29. The predicted molar refractivity (Wildman–Crippen MR) is 102 cm³/mol. The summed E-state index contributed by atoms with van der Waals surface area (Å²) in [7, 11) is 0. The van der Waals surface area contributed by atoms with E-state index in [-0.39, 0.29) is 12.0 Å². The summed E-state index contributed by atoms with van der Waals surface area (Å²) in [4.78, 5) is 13.5. The minimum atomic E-state index is -0.848. The highest BCUT2D eigenvalue weighted by Gasteiger charge is 2.48. The van der Waals surface area contributed by atoms with E-state index in [9.17, 15) is 9.90 Å². The molecule has 5 atom stereocenters. The lowest BCUT2D eigenvalue weighted by Gasteiger charge is -2.22. The van der Waals surface area contributed by atoms with E-state index in [2.05, 4.69) is 6.92 Å². The number of thioether (sulfide) groups is 1. The van der Waals surface area contributed by atoms with E-state index in [1.165, 1.54) is 11.8 Å². The minimum absolute atomic E-state index is 0.171. The third-order valence-electron chi connectivity index (χ3n) is 4.69. The number of aliphatic hydroxyl groups excluding tert-OH is 1. The Hall–Kier alpha value is -1.82. The van der Waals surface area contributed by atoms with E-state index in [1.807, 2.05) is 43.3 Å². The number of carbonyl (C=O) groups is 1. The maximum atomic E-state index is 12.5. The summed E-state index contributed by atoms with van der Waals surface area (Å²) in [5.41, 5.74) is 0.0224. The number of rotatable bonds is 6. The van der Waals surface area contributed by atoms with E-state index in [4.69, 9.17) is 9.47 Å². The van der Waals surface area contributed by atoms with Crippen molar-refractivity contribution in [1.82, 2.24) is 0 Å². The van der Waals surface area contributed by atoms with Crippen LogP contribution in [0.15, 0.2) is 65.6 Å². The third-order valence-corrected chi connectivity index (χ3v) is 5.84. The van der Waals surface area contributed by atoms with Crippen LogP contribution in [-0.4, -0.2) is 34.8 Å². The highest BCUT2D eigenvalue weighted by atomic mass is 32.2. The van der Waals surface area contributed by atoms with Gasteiger partial charge in [0.1, 0.15) is 11.5 Å². The molecule has 2 aromatic rings. The molecular weight excluding hydrogens is 348 g/mol. The average Bonchev–Trinajstić information content (AvgIpc) is 2.98. The molecule has 0 radical (unpaired) electrons. The number of aliphatic hydroxyl groups is 1. The lowest BCUT2D eigenvalue weighted by atomic mass is 9.96. The molecule has 0 aromatic heterocycles. The summed E-state index contributed by atoms with van der Waals surface area (Å²) in [6.45, 7) is 4.10. The Morgan fingerprint density at radius 2 is 1.77 bits per heavy atom. The fourth-order valence-electron chi connectivity index (χ4n) is 2.98. The van der Waals surface area contributed by atoms with Gasteiger partial charge in [-0.2, -0.15) is 0 Å². The first kappa shape index (κ1) is 19.0. The molecule has 1 unspecified atom stereocenters. The van der Waals surface area contributed by atoms with Crippen molar-refractivity contribution in [2.45, 2.75) is 48.9 Å². The molecule has 1 N–H and O–H groups in total. The maximum Gasteiger partial charge on any atom is 0.338 e. The van der Waals surface area contributed by atoms with E-state index < -0.39 is 23.6 Å². The zero-order valence-electron chi connectivity index (χ0n) is 14.9. The number of esters is 1. The summed E-state index contributed by atoms with van der Waals surface area (Å²) < 4.78 is 11.8. The smallest absolute Gasteiger partial charge is 0.338 e. The summed E-state index contributed by atoms with van der Waals surface area (Å²) in [6, 6.07) is 18.6. The maximum absolute atomic E-state index is 12.5. The Morgan fingerprint density at radius 3 is 2.38 bits per heavy atom. The molecule has 3 rings (SSSR count). The van der Waals surface area contributed by atoms with Crippen molar-refractivity contribution in [3.63, 3.8) is 0 Å². The Morgan fingerprint density at radius 1 is 1.15 bits per heavy atom. The van der Waals surface area contributed by atoms with Crippen LogP contribution in [0.4, 0.5) is 0 Å². The minimum Gasteiger partial charge on any atom is -0.452 e. The monoisotopic (exact) mass is 372 g/mol. The molecule has 0 saturated carbocycles. The largest absolute Gasteiger partial charge is 0.452 e. The molecule has 1 saturated heterocycles. The number of ether oxygens (including phenoxy) is 2. The molecule has 5 heteroatoms. The van der Waals surface area contributed by atoms with Crippen LogP contribution in [0.1, 0.15) is 30.6 Å². The zero-order valence-corrected chi connectivity index (χ0v) is 15.8. The first-order valence-electron chi connectivity index (χ1n) is 8.91. The fraction of sp³-hybridized carbons (Fsp3) is 0.381. The highest BCUT2D eigenvalue weighted by Crippen LogP contribution is 2.38. The Balaban J connectivity index is 1.79. The second-order valence-electron chi connectivity index (χ2n) is 6.51. The molecule has 138 valence electrons. The van der Waals surface area contributed by atoms with Crippen LogP contribution >= 0.6 is 11.8 Å². The van der Waals surface area contributed by atoms with Gasteiger partial charge in [-0.05, 0) is 30.2 Å². The van der Waals surface area contributed by atoms with Crippen molar-refractivity contribution in [1.29, 1.82) is 0 Å². The lowest BCUT2D eigenvalue weighted by molar-refractivity contribution is -0.0173. The van der Waals surface area contributed by atoms with Crippen LogP contribution in [0, 0.1) is 5.92 Å². The second-order valence-corrected chi connectivity index (χ2v) is 7.68. The molecule has 0 amide bonds. The van der Waals surface area contributed by atoms with Gasteiger partial charge in [0, 0.05) is 4.90 Å². The fourth-order valence-corrected chi connectivity index (χ4v) is 4.10. The van der Waals surface area contributed by atoms with Crippen molar-refractivity contribution in [2.75, 3.05) is 0 Å². The first-order chi connectivity index (χ1) is 12.6. The quantitative estimate of drug-likeness (QED) is 0.773. The van der Waals surface area contributed by atoms with Crippen molar-refractivity contribution in [2.24, 2.45) is 5.92 Å². The average molecular weight is 372 g/mol. The number of carbonyl (C=O) groups excluding carboxylic acids is 1. The van der Waals surface area contributed by atoms with Crippen LogP contribution in [0.3, 0.4) is 0 Å². The van der Waals surface area contributed by atoms with Gasteiger partial charge in [0.15, 0.2) is 6.10 Å². The van der Waals surface area contributed by atoms with Gasteiger partial charge in [-0.25, -0.2) is 4.79 Å². The molecule has 26 heavy (non-hydrogen) atoms. The van der Waals surface area contributed by atoms with Crippen LogP contribution in [-0.2, 0) is 9.47 Å². The van der Waals surface area contributed by atoms with Gasteiger partial charge < -0.3 is 14.6 Å². The summed E-state index contributed by atoms with van der Waals surface area (Å²) in [5, 5.41) is 10.8. The molecule has 0 bridgehead atoms. The Kier molecular flexibility index (Phi) is 6.35. The van der Waals surface area contributed by atoms with Gasteiger partial charge >= 0.3 is 5.97 Å². The summed E-state index contributed by atoms with van der Waals surface area (Å²) in [5.74, 6) is -0.272. The summed E-state index contributed by atoms with van der Waals surface area (Å²) in [6.07, 6.45) is -1.04. The number of hydrogen-bond acceptors (Lipinski definition) is 5.